The van der Waals surface area contributed by atoms with E-state index >= 15 is 0 Å². The van der Waals surface area contributed by atoms with Gasteiger partial charge in [-0.3, -0.25) is 4.79 Å². The molecule has 0 fully saturated rings. The number of benzene rings is 1. The van der Waals surface area contributed by atoms with Gasteiger partial charge in [0.1, 0.15) is 0 Å². The first-order valence-corrected chi connectivity index (χ1v) is 7.22. The van der Waals surface area contributed by atoms with Crippen LogP contribution in [0.5, 0.6) is 0 Å². The van der Waals surface area contributed by atoms with E-state index in [1.54, 1.807) is 0 Å². The molecule has 0 radical (unpaired) electrons. The number of carbonyl (C=O) groups excluding carboxylic acids is 1. The molecule has 4 heteroatoms. The van der Waals surface area contributed by atoms with E-state index in [0.717, 1.165) is 24.1 Å². The smallest absolute Gasteiger partial charge is 0.207 e. The standard InChI is InChI=1S/C17H25N3O/c1-3-7-14(4-2)17(18)12-19-10-15-8-5-6-9-16(15)11-20-13-21/h3-9,13,17,19H,10-12,18H2,1-2H3,(H,20,21)/b7-3-,14-4+. The fraction of sp³-hybridized carbons (Fsp3) is 0.353. The number of allylic oxidation sites excluding steroid dienone is 2. The normalized spacial score (nSPS) is 13.4. The lowest BCUT2D eigenvalue weighted by atomic mass is 10.1. The van der Waals surface area contributed by atoms with Crippen molar-refractivity contribution in [2.24, 2.45) is 5.73 Å². The van der Waals surface area contributed by atoms with Crippen molar-refractivity contribution < 1.29 is 4.79 Å². The van der Waals surface area contributed by atoms with Crippen molar-refractivity contribution in [1.82, 2.24) is 10.6 Å². The van der Waals surface area contributed by atoms with Crippen LogP contribution < -0.4 is 16.4 Å². The van der Waals surface area contributed by atoms with E-state index in [2.05, 4.69) is 16.7 Å². The zero-order valence-electron chi connectivity index (χ0n) is 12.8. The Labute approximate surface area is 127 Å². The molecule has 114 valence electrons. The minimum atomic E-state index is -0.0218. The second kappa shape index (κ2) is 9.91. The van der Waals surface area contributed by atoms with Crippen LogP contribution in [0.25, 0.3) is 0 Å². The topological polar surface area (TPSA) is 67.2 Å². The fourth-order valence-electron chi connectivity index (χ4n) is 2.16. The van der Waals surface area contributed by atoms with E-state index in [9.17, 15) is 4.79 Å². The molecular formula is C17H25N3O. The molecule has 1 atom stereocenters. The number of nitrogens with two attached hydrogens (primary N) is 1. The molecule has 21 heavy (non-hydrogen) atoms. The van der Waals surface area contributed by atoms with E-state index in [1.807, 2.05) is 50.3 Å². The van der Waals surface area contributed by atoms with Gasteiger partial charge in [0, 0.05) is 25.7 Å². The van der Waals surface area contributed by atoms with Crippen molar-refractivity contribution in [1.29, 1.82) is 0 Å². The summed E-state index contributed by atoms with van der Waals surface area (Å²) >= 11 is 0. The average Bonchev–Trinajstić information content (AvgIpc) is 2.51. The van der Waals surface area contributed by atoms with Crippen LogP contribution in [0.1, 0.15) is 25.0 Å². The summed E-state index contributed by atoms with van der Waals surface area (Å²) in [5, 5.41) is 6.07. The number of rotatable bonds is 9. The molecule has 0 aliphatic carbocycles. The lowest BCUT2D eigenvalue weighted by Crippen LogP contribution is -2.35. The summed E-state index contributed by atoms with van der Waals surface area (Å²) in [4.78, 5) is 10.4. The Morgan fingerprint density at radius 3 is 2.48 bits per heavy atom. The lowest BCUT2D eigenvalue weighted by Gasteiger charge is -2.15. The van der Waals surface area contributed by atoms with Crippen LogP contribution in [0.15, 0.2) is 48.1 Å². The zero-order chi connectivity index (χ0) is 15.5. The summed E-state index contributed by atoms with van der Waals surface area (Å²) in [7, 11) is 0. The highest BCUT2D eigenvalue weighted by Crippen LogP contribution is 2.08. The van der Waals surface area contributed by atoms with Gasteiger partial charge < -0.3 is 16.4 Å². The zero-order valence-corrected chi connectivity index (χ0v) is 12.8. The van der Waals surface area contributed by atoms with E-state index in [1.165, 1.54) is 5.56 Å². The first-order chi connectivity index (χ1) is 10.2. The minimum Gasteiger partial charge on any atom is -0.355 e. The van der Waals surface area contributed by atoms with Crippen molar-refractivity contribution in [3.63, 3.8) is 0 Å². The maximum absolute atomic E-state index is 10.4. The number of carbonyl (C=O) groups is 1. The quantitative estimate of drug-likeness (QED) is 0.480. The molecule has 1 unspecified atom stereocenters. The van der Waals surface area contributed by atoms with Crippen LogP contribution >= 0.6 is 0 Å². The summed E-state index contributed by atoms with van der Waals surface area (Å²) in [6.45, 7) is 5.97. The Hall–Kier alpha value is -1.91. The predicted octanol–water partition coefficient (Wildman–Crippen LogP) is 1.87. The maximum atomic E-state index is 10.4. The van der Waals surface area contributed by atoms with Crippen LogP contribution in [0.3, 0.4) is 0 Å². The van der Waals surface area contributed by atoms with Gasteiger partial charge in [0.05, 0.1) is 0 Å². The van der Waals surface area contributed by atoms with Gasteiger partial charge in [-0.1, -0.05) is 42.5 Å². The maximum Gasteiger partial charge on any atom is 0.207 e. The van der Waals surface area contributed by atoms with Gasteiger partial charge in [-0.05, 0) is 30.5 Å². The summed E-state index contributed by atoms with van der Waals surface area (Å²) in [5.74, 6) is 0. The molecule has 1 aromatic rings. The van der Waals surface area contributed by atoms with Gasteiger partial charge in [0.15, 0.2) is 0 Å². The summed E-state index contributed by atoms with van der Waals surface area (Å²) in [5.41, 5.74) is 9.57. The molecule has 0 bridgehead atoms. The molecule has 1 rings (SSSR count). The predicted molar refractivity (Wildman–Crippen MR) is 87.6 cm³/mol. The fourth-order valence-corrected chi connectivity index (χ4v) is 2.16. The Kier molecular flexibility index (Phi) is 8.09. The van der Waals surface area contributed by atoms with Gasteiger partial charge >= 0.3 is 0 Å². The third-order valence-electron chi connectivity index (χ3n) is 3.29. The lowest BCUT2D eigenvalue weighted by molar-refractivity contribution is -0.109. The van der Waals surface area contributed by atoms with Crippen molar-refractivity contribution >= 4 is 6.41 Å². The second-order valence-corrected chi connectivity index (χ2v) is 4.79. The van der Waals surface area contributed by atoms with E-state index < -0.39 is 0 Å². The van der Waals surface area contributed by atoms with Crippen LogP contribution in [0.4, 0.5) is 0 Å². The van der Waals surface area contributed by atoms with Crippen molar-refractivity contribution in [2.75, 3.05) is 6.54 Å². The molecule has 1 amide bonds. The Morgan fingerprint density at radius 2 is 1.90 bits per heavy atom. The van der Waals surface area contributed by atoms with E-state index in [-0.39, 0.29) is 6.04 Å². The molecule has 0 spiro atoms. The summed E-state index contributed by atoms with van der Waals surface area (Å²) < 4.78 is 0. The Bertz CT molecular complexity index is 495. The molecule has 4 N–H and O–H groups in total. The molecular weight excluding hydrogens is 262 g/mol. The number of hydrogen-bond acceptors (Lipinski definition) is 3. The van der Waals surface area contributed by atoms with Crippen LogP contribution in [-0.4, -0.2) is 19.0 Å². The number of amides is 1. The van der Waals surface area contributed by atoms with Crippen LogP contribution in [0, 0.1) is 0 Å². The van der Waals surface area contributed by atoms with Crippen molar-refractivity contribution in [2.45, 2.75) is 33.0 Å². The molecule has 1 aromatic carbocycles. The number of hydrogen-bond donors (Lipinski definition) is 3. The highest BCUT2D eigenvalue weighted by Gasteiger charge is 2.06. The van der Waals surface area contributed by atoms with Crippen LogP contribution in [-0.2, 0) is 17.9 Å². The largest absolute Gasteiger partial charge is 0.355 e. The Balaban J connectivity index is 2.54. The highest BCUT2D eigenvalue weighted by molar-refractivity contribution is 5.46. The third-order valence-corrected chi connectivity index (χ3v) is 3.29. The highest BCUT2D eigenvalue weighted by atomic mass is 16.1. The van der Waals surface area contributed by atoms with Gasteiger partial charge in [-0.2, -0.15) is 0 Å². The average molecular weight is 287 g/mol. The molecule has 0 aliphatic heterocycles. The van der Waals surface area contributed by atoms with Crippen molar-refractivity contribution in [3.05, 3.63) is 59.2 Å². The molecule has 0 heterocycles. The molecule has 0 aromatic heterocycles. The summed E-state index contributed by atoms with van der Waals surface area (Å²) in [6, 6.07) is 8.03. The van der Waals surface area contributed by atoms with Gasteiger partial charge in [-0.15, -0.1) is 0 Å². The molecule has 4 nitrogen and oxygen atoms in total. The Morgan fingerprint density at radius 1 is 1.24 bits per heavy atom. The third kappa shape index (κ3) is 5.94. The molecule has 0 aliphatic rings. The van der Waals surface area contributed by atoms with E-state index in [0.29, 0.717) is 13.1 Å². The number of nitrogens with one attached hydrogen (secondary N) is 2. The summed E-state index contributed by atoms with van der Waals surface area (Å²) in [6.07, 6.45) is 6.79. The molecule has 0 saturated heterocycles. The molecule has 0 saturated carbocycles. The first kappa shape index (κ1) is 17.1. The first-order valence-electron chi connectivity index (χ1n) is 7.22. The van der Waals surface area contributed by atoms with Gasteiger partial charge in [0.2, 0.25) is 6.41 Å². The second-order valence-electron chi connectivity index (χ2n) is 4.79. The van der Waals surface area contributed by atoms with Gasteiger partial charge in [-0.25, -0.2) is 0 Å². The van der Waals surface area contributed by atoms with Crippen molar-refractivity contribution in [3.8, 4) is 0 Å². The minimum absolute atomic E-state index is 0.0218. The van der Waals surface area contributed by atoms with Gasteiger partial charge in [0.25, 0.3) is 0 Å². The van der Waals surface area contributed by atoms with E-state index in [4.69, 9.17) is 5.73 Å². The van der Waals surface area contributed by atoms with Crippen LogP contribution in [0.2, 0.25) is 0 Å². The monoisotopic (exact) mass is 287 g/mol. The SMILES string of the molecule is C/C=C\C(=C/C)C(N)CNCc1ccccc1CNC=O.